The monoisotopic (exact) mass is 643 g/mol. The van der Waals surface area contributed by atoms with E-state index in [0.717, 1.165) is 16.8 Å². The number of oxazole rings is 1. The van der Waals surface area contributed by atoms with Gasteiger partial charge in [0.05, 0.1) is 24.4 Å². The zero-order valence-electron chi connectivity index (χ0n) is 27.8. The van der Waals surface area contributed by atoms with Gasteiger partial charge in [0.25, 0.3) is 0 Å². The number of ether oxygens (including phenoxy) is 4. The first-order valence-electron chi connectivity index (χ1n) is 16.0. The smallest absolute Gasteiger partial charge is 0.338 e. The second-order valence-electron chi connectivity index (χ2n) is 13.3. The molecule has 4 rings (SSSR count). The van der Waals surface area contributed by atoms with Gasteiger partial charge in [0, 0.05) is 38.7 Å². The lowest BCUT2D eigenvalue weighted by Crippen LogP contribution is -2.45. The molecule has 0 aliphatic carbocycles. The van der Waals surface area contributed by atoms with E-state index in [-0.39, 0.29) is 24.7 Å². The molecule has 3 aliphatic rings. The van der Waals surface area contributed by atoms with Gasteiger partial charge in [0.15, 0.2) is 12.0 Å². The Labute approximate surface area is 271 Å². The third kappa shape index (κ3) is 9.25. The zero-order chi connectivity index (χ0) is 33.8. The van der Waals surface area contributed by atoms with Crippen molar-refractivity contribution < 1.29 is 48.3 Å². The van der Waals surface area contributed by atoms with Crippen LogP contribution in [0.25, 0.3) is 6.08 Å². The summed E-state index contributed by atoms with van der Waals surface area (Å²) in [6.07, 6.45) is 7.64. The average Bonchev–Trinajstić information content (AvgIpc) is 3.64. The minimum absolute atomic E-state index is 0.0718. The summed E-state index contributed by atoms with van der Waals surface area (Å²) >= 11 is 0. The number of aromatic nitrogens is 1. The first-order chi connectivity index (χ1) is 21.7. The molecular weight excluding hydrogens is 594 g/mol. The van der Waals surface area contributed by atoms with Crippen LogP contribution in [0.5, 0.6) is 0 Å². The average molecular weight is 644 g/mol. The summed E-state index contributed by atoms with van der Waals surface area (Å²) in [5.74, 6) is -1.28. The number of hydrogen-bond acceptors (Lipinski definition) is 11. The number of cyclic esters (lactones) is 1. The lowest BCUT2D eigenvalue weighted by atomic mass is 9.83. The summed E-state index contributed by atoms with van der Waals surface area (Å²) in [4.78, 5) is 30.0. The van der Waals surface area contributed by atoms with E-state index in [9.17, 15) is 24.9 Å². The Bertz CT molecular complexity index is 1340. The molecule has 3 aliphatic heterocycles. The number of methoxy groups -OCH3 is 1. The number of nitrogens with zero attached hydrogens (tertiary/aromatic N) is 1. The Morgan fingerprint density at radius 2 is 1.87 bits per heavy atom. The van der Waals surface area contributed by atoms with Gasteiger partial charge in [-0.25, -0.2) is 9.78 Å². The van der Waals surface area contributed by atoms with Gasteiger partial charge in [-0.1, -0.05) is 44.2 Å². The number of carbonyl (C=O) groups is 2. The maximum atomic E-state index is 13.3. The Hall–Kier alpha value is -3.09. The van der Waals surface area contributed by atoms with Crippen LogP contribution in [0.2, 0.25) is 0 Å². The topological polar surface area (TPSA) is 161 Å². The number of esters is 2. The van der Waals surface area contributed by atoms with Crippen molar-refractivity contribution in [1.29, 1.82) is 0 Å². The molecule has 0 saturated carbocycles. The highest BCUT2D eigenvalue weighted by Crippen LogP contribution is 2.38. The van der Waals surface area contributed by atoms with Crippen molar-refractivity contribution in [2.24, 2.45) is 17.8 Å². The fraction of sp³-hybridized carbons (Fsp3) is 0.629. The molecule has 2 bridgehead atoms. The summed E-state index contributed by atoms with van der Waals surface area (Å²) in [7, 11) is 1.57. The van der Waals surface area contributed by atoms with E-state index in [4.69, 9.17) is 23.4 Å². The van der Waals surface area contributed by atoms with E-state index >= 15 is 0 Å². The second kappa shape index (κ2) is 15.2. The van der Waals surface area contributed by atoms with Crippen LogP contribution in [0.15, 0.2) is 52.2 Å². The minimum Gasteiger partial charge on any atom is -0.462 e. The molecule has 11 heteroatoms. The van der Waals surface area contributed by atoms with Crippen LogP contribution in [0.3, 0.4) is 0 Å². The molecule has 0 aromatic carbocycles. The highest BCUT2D eigenvalue weighted by Gasteiger charge is 2.50. The van der Waals surface area contributed by atoms with Crippen LogP contribution >= 0.6 is 0 Å². The van der Waals surface area contributed by atoms with Crippen molar-refractivity contribution in [3.05, 3.63) is 59.4 Å². The van der Waals surface area contributed by atoms with Crippen LogP contribution < -0.4 is 0 Å². The van der Waals surface area contributed by atoms with Crippen LogP contribution in [-0.2, 0) is 28.5 Å². The number of hydrogen-bond donors (Lipinski definition) is 3. The Balaban J connectivity index is 1.55. The fourth-order valence-corrected chi connectivity index (χ4v) is 6.30. The van der Waals surface area contributed by atoms with Crippen molar-refractivity contribution in [2.45, 2.75) is 116 Å². The van der Waals surface area contributed by atoms with E-state index < -0.39 is 66.1 Å². The minimum atomic E-state index is -1.77. The number of allylic oxidation sites excluding steroid dienone is 4. The van der Waals surface area contributed by atoms with Crippen molar-refractivity contribution in [1.82, 2.24) is 4.98 Å². The molecule has 0 amide bonds. The highest BCUT2D eigenvalue weighted by atomic mass is 16.6. The maximum Gasteiger partial charge on any atom is 0.338 e. The second-order valence-corrected chi connectivity index (χ2v) is 13.3. The van der Waals surface area contributed by atoms with Crippen LogP contribution in [-0.4, -0.2) is 87.7 Å². The molecule has 11 atom stereocenters. The molecule has 1 aromatic rings. The number of fused-ring (bicyclic) bond motifs is 3. The van der Waals surface area contributed by atoms with Gasteiger partial charge in [0.2, 0.25) is 0 Å². The summed E-state index contributed by atoms with van der Waals surface area (Å²) in [6, 6.07) is 0. The zero-order valence-corrected chi connectivity index (χ0v) is 27.8. The number of rotatable bonds is 7. The molecule has 4 heterocycles. The van der Waals surface area contributed by atoms with Crippen LogP contribution in [0, 0.1) is 24.7 Å². The Morgan fingerprint density at radius 3 is 2.54 bits per heavy atom. The molecule has 254 valence electrons. The number of carbonyl (C=O) groups excluding carboxylic acids is 2. The summed E-state index contributed by atoms with van der Waals surface area (Å²) in [5, 5.41) is 33.3. The van der Waals surface area contributed by atoms with Gasteiger partial charge < -0.3 is 38.7 Å². The predicted octanol–water partition coefficient (Wildman–Crippen LogP) is 4.00. The van der Waals surface area contributed by atoms with Crippen molar-refractivity contribution in [3.63, 3.8) is 0 Å². The quantitative estimate of drug-likeness (QED) is 0.170. The van der Waals surface area contributed by atoms with Gasteiger partial charge >= 0.3 is 11.9 Å². The standard InChI is InChI=1S/C35H49NO10/c1-19(13-25-18-43-23(5)36-25)9-8-10-20(2)32(42-7)22(4)28-17-30(38)35(6,41)12-11-26(37)21(3)27-14-24(16-31(39)44-27)15-29-33(45-29)34(40)46-28/h8-13,18,21-22,24,26-30,32-33,37-38,41H,14-17H2,1-7H3/b9-8+,12-11+,19-13+,20-10+/t21-,22+,24+,26?,27-,28?,29-,30+,32-,33-,35-/m1/s1. The molecule has 0 spiro atoms. The normalized spacial score (nSPS) is 36.8. The van der Waals surface area contributed by atoms with E-state index in [1.165, 1.54) is 19.1 Å². The molecular formula is C35H49NO10. The Morgan fingerprint density at radius 1 is 1.15 bits per heavy atom. The molecule has 11 nitrogen and oxygen atoms in total. The molecule has 3 N–H and O–H groups in total. The third-order valence-corrected chi connectivity index (χ3v) is 9.34. The molecule has 2 fully saturated rings. The highest BCUT2D eigenvalue weighted by molar-refractivity contribution is 5.78. The van der Waals surface area contributed by atoms with Crippen molar-refractivity contribution in [2.75, 3.05) is 7.11 Å². The number of aliphatic hydroxyl groups excluding tert-OH is 2. The fourth-order valence-electron chi connectivity index (χ4n) is 6.30. The first-order valence-corrected chi connectivity index (χ1v) is 16.0. The van der Waals surface area contributed by atoms with Crippen molar-refractivity contribution >= 4 is 18.0 Å². The predicted molar refractivity (Wildman–Crippen MR) is 169 cm³/mol. The summed E-state index contributed by atoms with van der Waals surface area (Å²) in [5.41, 5.74) is 0.779. The van der Waals surface area contributed by atoms with E-state index in [1.807, 2.05) is 45.1 Å². The van der Waals surface area contributed by atoms with Gasteiger partial charge in [-0.3, -0.25) is 4.79 Å². The number of aryl methyl sites for hydroxylation is 1. The number of aliphatic hydroxyl groups is 3. The molecule has 2 saturated heterocycles. The van der Waals surface area contributed by atoms with E-state index in [1.54, 1.807) is 27.2 Å². The third-order valence-electron chi connectivity index (χ3n) is 9.34. The lowest BCUT2D eigenvalue weighted by Gasteiger charge is -2.35. The van der Waals surface area contributed by atoms with Crippen LogP contribution in [0.4, 0.5) is 0 Å². The molecule has 0 radical (unpaired) electrons. The van der Waals surface area contributed by atoms with Crippen LogP contribution in [0.1, 0.15) is 71.9 Å². The van der Waals surface area contributed by atoms with E-state index in [0.29, 0.717) is 18.7 Å². The molecule has 1 aromatic heterocycles. The van der Waals surface area contributed by atoms with Gasteiger partial charge in [-0.2, -0.15) is 0 Å². The largest absolute Gasteiger partial charge is 0.462 e. The summed E-state index contributed by atoms with van der Waals surface area (Å²) in [6.45, 7) is 10.7. The Kier molecular flexibility index (Phi) is 11.8. The number of epoxide rings is 1. The SMILES string of the molecule is CO[C@H](/C(C)=C/C=C/C(C)=C/c1coc(C)n1)[C@@H](C)C1C[C@H](O)[C@](C)(O)/C=C/C(O)[C@@H](C)[C@H]2C[C@H](CC(=O)O2)C[C@H]2O[C@H]2C(=O)O1. The van der Waals surface area contributed by atoms with Crippen molar-refractivity contribution in [3.8, 4) is 0 Å². The van der Waals surface area contributed by atoms with Gasteiger partial charge in [0.1, 0.15) is 29.8 Å². The molecule has 46 heavy (non-hydrogen) atoms. The lowest BCUT2D eigenvalue weighted by molar-refractivity contribution is -0.162. The van der Waals surface area contributed by atoms with Gasteiger partial charge in [-0.05, 0) is 56.8 Å². The maximum absolute atomic E-state index is 13.3. The van der Waals surface area contributed by atoms with Gasteiger partial charge in [-0.15, -0.1) is 0 Å². The first kappa shape index (κ1) is 35.8. The van der Waals surface area contributed by atoms with E-state index in [2.05, 4.69) is 4.98 Å². The molecule has 2 unspecified atom stereocenters. The summed E-state index contributed by atoms with van der Waals surface area (Å²) < 4.78 is 28.4.